The van der Waals surface area contributed by atoms with Crippen molar-refractivity contribution in [3.8, 4) is 17.1 Å². The highest BCUT2D eigenvalue weighted by molar-refractivity contribution is 5.93. The molecular formula is C22H20F4N6O2. The number of para-hydroxylation sites is 1. The molecule has 2 N–H and O–H groups in total. The maximum Gasteiger partial charge on any atom is 0.573 e. The van der Waals surface area contributed by atoms with Crippen molar-refractivity contribution in [1.29, 1.82) is 0 Å². The minimum absolute atomic E-state index is 0.157. The van der Waals surface area contributed by atoms with Gasteiger partial charge in [0.25, 0.3) is 0 Å². The molecule has 0 saturated heterocycles. The zero-order chi connectivity index (χ0) is 24.5. The number of hydrogen-bond donors (Lipinski definition) is 2. The number of likely N-dealkylation sites (N-methyl/N-ethyl adjacent to an activating group) is 1. The van der Waals surface area contributed by atoms with Crippen LogP contribution in [0.4, 0.5) is 23.5 Å². The van der Waals surface area contributed by atoms with E-state index >= 15 is 0 Å². The summed E-state index contributed by atoms with van der Waals surface area (Å²) in [5.74, 6) is -1.74. The monoisotopic (exact) mass is 476 g/mol. The Morgan fingerprint density at radius 1 is 1.18 bits per heavy atom. The van der Waals surface area contributed by atoms with Crippen LogP contribution in [0, 0.1) is 5.82 Å². The number of rotatable bonds is 7. The first-order valence-electron chi connectivity index (χ1n) is 10.4. The first-order valence-corrected chi connectivity index (χ1v) is 10.4. The van der Waals surface area contributed by atoms with E-state index in [1.165, 1.54) is 11.6 Å². The Morgan fingerprint density at radius 3 is 2.65 bits per heavy atom. The topological polar surface area (TPSA) is 93.4 Å². The van der Waals surface area contributed by atoms with E-state index in [1.807, 2.05) is 6.92 Å². The first kappa shape index (κ1) is 23.2. The van der Waals surface area contributed by atoms with Gasteiger partial charge in [-0.05, 0) is 36.8 Å². The summed E-state index contributed by atoms with van der Waals surface area (Å²) >= 11 is 0. The molecule has 34 heavy (non-hydrogen) atoms. The molecule has 0 saturated carbocycles. The molecule has 4 aromatic rings. The number of carbonyl (C=O) groups is 1. The Kier molecular flexibility index (Phi) is 6.22. The lowest BCUT2D eigenvalue weighted by Gasteiger charge is -2.17. The van der Waals surface area contributed by atoms with Crippen molar-refractivity contribution in [3.05, 3.63) is 48.3 Å². The maximum absolute atomic E-state index is 14.0. The summed E-state index contributed by atoms with van der Waals surface area (Å²) in [6.07, 6.45) is -3.80. The van der Waals surface area contributed by atoms with Crippen molar-refractivity contribution >= 4 is 28.4 Å². The van der Waals surface area contributed by atoms with Crippen LogP contribution in [-0.4, -0.2) is 44.9 Å². The van der Waals surface area contributed by atoms with Gasteiger partial charge in [0.1, 0.15) is 17.6 Å². The highest BCUT2D eigenvalue weighted by atomic mass is 19.4. The standard InChI is InChI=1S/C22H20F4N6O2/c1-3-6-16(20(33)27-2)29-21-28-15-8-5-4-7-13(15)19-30-18(31-32(19)21)14-11-12(23)9-10-17(14)34-22(24,25)26/h4-5,7-11,16H,3,6H2,1-2H3,(H,27,33)(H,28,29)/t16-/m1/s1. The van der Waals surface area contributed by atoms with Crippen LogP contribution >= 0.6 is 0 Å². The zero-order valence-electron chi connectivity index (χ0n) is 18.2. The van der Waals surface area contributed by atoms with Gasteiger partial charge in [-0.25, -0.2) is 14.4 Å². The molecule has 12 heteroatoms. The number of nitrogens with zero attached hydrogens (tertiary/aromatic N) is 4. The molecule has 8 nitrogen and oxygen atoms in total. The second-order valence-electron chi connectivity index (χ2n) is 7.41. The van der Waals surface area contributed by atoms with Crippen molar-refractivity contribution in [3.63, 3.8) is 0 Å². The largest absolute Gasteiger partial charge is 0.573 e. The van der Waals surface area contributed by atoms with Gasteiger partial charge in [-0.3, -0.25) is 4.79 Å². The average molecular weight is 476 g/mol. The molecule has 1 amide bonds. The van der Waals surface area contributed by atoms with Crippen molar-refractivity contribution < 1.29 is 27.1 Å². The molecule has 0 spiro atoms. The van der Waals surface area contributed by atoms with Crippen molar-refractivity contribution in [2.24, 2.45) is 0 Å². The predicted molar refractivity (Wildman–Crippen MR) is 117 cm³/mol. The number of alkyl halides is 3. The molecule has 0 unspecified atom stereocenters. The summed E-state index contributed by atoms with van der Waals surface area (Å²) in [4.78, 5) is 21.2. The first-order chi connectivity index (χ1) is 16.2. The number of amides is 1. The summed E-state index contributed by atoms with van der Waals surface area (Å²) in [6, 6.07) is 8.89. The quantitative estimate of drug-likeness (QED) is 0.386. The van der Waals surface area contributed by atoms with Crippen LogP contribution in [0.2, 0.25) is 0 Å². The van der Waals surface area contributed by atoms with Crippen LogP contribution in [0.15, 0.2) is 42.5 Å². The van der Waals surface area contributed by atoms with Crippen LogP contribution in [0.25, 0.3) is 27.9 Å². The number of nitrogens with one attached hydrogen (secondary N) is 2. The Hall–Kier alpha value is -3.96. The number of aromatic nitrogens is 4. The molecule has 0 fully saturated rings. The van der Waals surface area contributed by atoms with E-state index in [1.54, 1.807) is 24.3 Å². The van der Waals surface area contributed by atoms with Gasteiger partial charge < -0.3 is 15.4 Å². The molecule has 178 valence electrons. The number of benzene rings is 2. The summed E-state index contributed by atoms with van der Waals surface area (Å²) in [5.41, 5.74) is 0.500. The normalized spacial score (nSPS) is 12.6. The highest BCUT2D eigenvalue weighted by Crippen LogP contribution is 2.34. The van der Waals surface area contributed by atoms with Crippen molar-refractivity contribution in [1.82, 2.24) is 24.9 Å². The van der Waals surface area contributed by atoms with Crippen LogP contribution in [-0.2, 0) is 4.79 Å². The Balaban J connectivity index is 1.91. The summed E-state index contributed by atoms with van der Waals surface area (Å²) in [5, 5.41) is 10.5. The minimum atomic E-state index is -4.99. The molecule has 0 bridgehead atoms. The number of anilines is 1. The van der Waals surface area contributed by atoms with Gasteiger partial charge in [0.2, 0.25) is 11.9 Å². The van der Waals surface area contributed by atoms with Crippen LogP contribution < -0.4 is 15.4 Å². The molecule has 0 aliphatic rings. The maximum atomic E-state index is 14.0. The molecule has 2 aromatic heterocycles. The molecule has 4 rings (SSSR count). The van der Waals surface area contributed by atoms with E-state index in [0.717, 1.165) is 18.2 Å². The second kappa shape index (κ2) is 9.12. The Labute approximate surface area is 191 Å². The van der Waals surface area contributed by atoms with Crippen molar-refractivity contribution in [2.45, 2.75) is 32.2 Å². The number of halogens is 4. The third-order valence-electron chi connectivity index (χ3n) is 5.03. The van der Waals surface area contributed by atoms with E-state index in [4.69, 9.17) is 0 Å². The van der Waals surface area contributed by atoms with Gasteiger partial charge in [-0.1, -0.05) is 25.5 Å². The lowest BCUT2D eigenvalue weighted by Crippen LogP contribution is -2.38. The predicted octanol–water partition coefficient (Wildman–Crippen LogP) is 4.31. The molecular weight excluding hydrogens is 456 g/mol. The fourth-order valence-corrected chi connectivity index (χ4v) is 3.54. The fraction of sp³-hybridized carbons (Fsp3) is 0.273. The van der Waals surface area contributed by atoms with E-state index in [0.29, 0.717) is 23.7 Å². The van der Waals surface area contributed by atoms with Crippen LogP contribution in [0.3, 0.4) is 0 Å². The number of fused-ring (bicyclic) bond motifs is 3. The van der Waals surface area contributed by atoms with Gasteiger partial charge in [0.05, 0.1) is 11.1 Å². The van der Waals surface area contributed by atoms with Gasteiger partial charge in [-0.2, -0.15) is 4.52 Å². The fourth-order valence-electron chi connectivity index (χ4n) is 3.54. The van der Waals surface area contributed by atoms with E-state index in [2.05, 4.69) is 30.4 Å². The average Bonchev–Trinajstić information content (AvgIpc) is 3.24. The van der Waals surface area contributed by atoms with Gasteiger partial charge in [0, 0.05) is 12.4 Å². The number of hydrogen-bond acceptors (Lipinski definition) is 6. The van der Waals surface area contributed by atoms with Crippen LogP contribution in [0.5, 0.6) is 5.75 Å². The van der Waals surface area contributed by atoms with Gasteiger partial charge >= 0.3 is 6.36 Å². The minimum Gasteiger partial charge on any atom is -0.405 e. The molecule has 2 heterocycles. The number of ether oxygens (including phenoxy) is 1. The highest BCUT2D eigenvalue weighted by Gasteiger charge is 2.33. The summed E-state index contributed by atoms with van der Waals surface area (Å²) in [7, 11) is 1.51. The zero-order valence-corrected chi connectivity index (χ0v) is 18.2. The summed E-state index contributed by atoms with van der Waals surface area (Å²) < 4.78 is 58.1. The van der Waals surface area contributed by atoms with E-state index in [9.17, 15) is 22.4 Å². The Morgan fingerprint density at radius 2 is 1.94 bits per heavy atom. The summed E-state index contributed by atoms with van der Waals surface area (Å²) in [6.45, 7) is 1.92. The molecule has 2 aromatic carbocycles. The number of carbonyl (C=O) groups excluding carboxylic acids is 1. The van der Waals surface area contributed by atoms with Gasteiger partial charge in [0.15, 0.2) is 11.5 Å². The third kappa shape index (κ3) is 4.70. The van der Waals surface area contributed by atoms with Gasteiger partial charge in [-0.15, -0.1) is 18.3 Å². The van der Waals surface area contributed by atoms with Crippen LogP contribution in [0.1, 0.15) is 19.8 Å². The third-order valence-corrected chi connectivity index (χ3v) is 5.03. The lowest BCUT2D eigenvalue weighted by atomic mass is 10.1. The molecule has 0 aliphatic carbocycles. The smallest absolute Gasteiger partial charge is 0.405 e. The molecule has 1 atom stereocenters. The molecule has 0 aliphatic heterocycles. The van der Waals surface area contributed by atoms with E-state index in [-0.39, 0.29) is 28.9 Å². The van der Waals surface area contributed by atoms with E-state index < -0.39 is 24.0 Å². The molecule has 0 radical (unpaired) electrons. The Bertz CT molecular complexity index is 1350. The SMILES string of the molecule is CCC[C@@H](Nc1nc2ccccc2c2nc(-c3cc(F)ccc3OC(F)(F)F)nn12)C(=O)NC. The lowest BCUT2D eigenvalue weighted by molar-refractivity contribution is -0.274. The second-order valence-corrected chi connectivity index (χ2v) is 7.41. The van der Waals surface area contributed by atoms with Crippen molar-refractivity contribution in [2.75, 3.05) is 12.4 Å².